The summed E-state index contributed by atoms with van der Waals surface area (Å²) in [5.74, 6) is 0.660. The summed E-state index contributed by atoms with van der Waals surface area (Å²) in [4.78, 5) is 24.6. The van der Waals surface area contributed by atoms with E-state index < -0.39 is 0 Å². The third-order valence-corrected chi connectivity index (χ3v) is 5.57. The van der Waals surface area contributed by atoms with Gasteiger partial charge < -0.3 is 21.3 Å². The van der Waals surface area contributed by atoms with Crippen molar-refractivity contribution in [2.45, 2.75) is 52.1 Å². The number of carbonyl (C=O) groups is 2. The van der Waals surface area contributed by atoms with Gasteiger partial charge in [0.2, 0.25) is 5.91 Å². The lowest BCUT2D eigenvalue weighted by molar-refractivity contribution is -0.134. The molecule has 2 aliphatic rings. The van der Waals surface area contributed by atoms with Crippen LogP contribution in [0.5, 0.6) is 0 Å². The van der Waals surface area contributed by atoms with Crippen molar-refractivity contribution >= 4 is 30.0 Å². The first kappa shape index (κ1) is 21.5. The molecule has 0 aromatic heterocycles. The van der Waals surface area contributed by atoms with Gasteiger partial charge in [-0.2, -0.15) is 0 Å². The average Bonchev–Trinajstić information content (AvgIpc) is 3.05. The number of benzene rings is 1. The summed E-state index contributed by atoms with van der Waals surface area (Å²) in [6, 6.07) is 7.48. The Balaban J connectivity index is 0.00000261. The van der Waals surface area contributed by atoms with E-state index in [4.69, 9.17) is 0 Å². The predicted octanol–water partition coefficient (Wildman–Crippen LogP) is 3.03. The molecule has 1 heterocycles. The molecule has 0 bridgehead atoms. The Morgan fingerprint density at radius 1 is 1.22 bits per heavy atom. The molecule has 3 amide bonds. The molecule has 1 aliphatic carbocycles. The molecular formula is C20H31ClN4O2. The zero-order valence-electron chi connectivity index (χ0n) is 16.1. The quantitative estimate of drug-likeness (QED) is 0.619. The van der Waals surface area contributed by atoms with Gasteiger partial charge in [-0.25, -0.2) is 4.79 Å². The molecule has 0 spiro atoms. The Bertz CT molecular complexity index is 650. The first-order chi connectivity index (χ1) is 12.5. The molecule has 1 aromatic carbocycles. The maximum atomic E-state index is 12.9. The number of halogens is 1. The lowest BCUT2D eigenvalue weighted by Crippen LogP contribution is -2.47. The molecule has 7 heteroatoms. The summed E-state index contributed by atoms with van der Waals surface area (Å²) in [7, 11) is 0. The van der Waals surface area contributed by atoms with Crippen LogP contribution < -0.4 is 21.3 Å². The molecule has 1 aromatic rings. The molecule has 1 saturated heterocycles. The predicted molar refractivity (Wildman–Crippen MR) is 110 cm³/mol. The normalized spacial score (nSPS) is 23.9. The third kappa shape index (κ3) is 5.14. The maximum Gasteiger partial charge on any atom is 0.319 e. The second-order valence-electron chi connectivity index (χ2n) is 7.86. The fourth-order valence-corrected chi connectivity index (χ4v) is 4.18. The minimum absolute atomic E-state index is 0. The van der Waals surface area contributed by atoms with Crippen molar-refractivity contribution in [3.05, 3.63) is 29.8 Å². The summed E-state index contributed by atoms with van der Waals surface area (Å²) in [6.45, 7) is 6.12. The third-order valence-electron chi connectivity index (χ3n) is 5.57. The number of nitrogens with one attached hydrogen (secondary N) is 4. The topological polar surface area (TPSA) is 82.3 Å². The highest BCUT2D eigenvalue weighted by molar-refractivity contribution is 5.89. The Hall–Kier alpha value is -1.79. The summed E-state index contributed by atoms with van der Waals surface area (Å²) in [5.41, 5.74) is 1.56. The van der Waals surface area contributed by atoms with Crippen molar-refractivity contribution in [3.63, 3.8) is 0 Å². The van der Waals surface area contributed by atoms with Gasteiger partial charge in [0.05, 0.1) is 5.41 Å². The van der Waals surface area contributed by atoms with Crippen molar-refractivity contribution in [3.8, 4) is 0 Å². The number of fused-ring (bicyclic) bond motifs is 1. The van der Waals surface area contributed by atoms with E-state index in [9.17, 15) is 9.59 Å². The van der Waals surface area contributed by atoms with E-state index in [0.29, 0.717) is 12.5 Å². The van der Waals surface area contributed by atoms with E-state index in [1.807, 2.05) is 38.1 Å². The second-order valence-corrected chi connectivity index (χ2v) is 7.86. The van der Waals surface area contributed by atoms with Crippen LogP contribution in [-0.4, -0.2) is 31.1 Å². The zero-order valence-corrected chi connectivity index (χ0v) is 17.0. The summed E-state index contributed by atoms with van der Waals surface area (Å²) in [6.07, 6.45) is 4.52. The highest BCUT2D eigenvalue weighted by atomic mass is 35.5. The molecule has 1 aliphatic heterocycles. The van der Waals surface area contributed by atoms with Gasteiger partial charge in [-0.05, 0) is 56.8 Å². The molecule has 4 N–H and O–H groups in total. The van der Waals surface area contributed by atoms with Gasteiger partial charge in [-0.3, -0.25) is 4.79 Å². The van der Waals surface area contributed by atoms with E-state index >= 15 is 0 Å². The van der Waals surface area contributed by atoms with Crippen LogP contribution in [0.3, 0.4) is 0 Å². The summed E-state index contributed by atoms with van der Waals surface area (Å²) in [5, 5.41) is 12.1. The van der Waals surface area contributed by atoms with Crippen LogP contribution in [-0.2, 0) is 11.3 Å². The average molecular weight is 395 g/mol. The Kier molecular flexibility index (Phi) is 7.50. The number of anilines is 1. The van der Waals surface area contributed by atoms with Crippen LogP contribution in [0.4, 0.5) is 10.5 Å². The number of amides is 3. The van der Waals surface area contributed by atoms with Crippen molar-refractivity contribution < 1.29 is 9.59 Å². The fraction of sp³-hybridized carbons (Fsp3) is 0.600. The molecule has 6 nitrogen and oxygen atoms in total. The van der Waals surface area contributed by atoms with Gasteiger partial charge in [-0.1, -0.05) is 25.0 Å². The van der Waals surface area contributed by atoms with Gasteiger partial charge in [-0.15, -0.1) is 12.4 Å². The molecule has 150 valence electrons. The van der Waals surface area contributed by atoms with E-state index in [0.717, 1.165) is 43.6 Å². The van der Waals surface area contributed by atoms with Crippen LogP contribution in [0.15, 0.2) is 24.3 Å². The standard InChI is InChI=1S/C20H30N4O2.ClH/c1-14(2)23-19(26)24-17-8-6-15(7-9-17)11-22-18(25)20-10-4-3-5-16(20)12-21-13-20;/h6-9,14,16,21H,3-5,10-13H2,1-2H3,(H,22,25)(H2,23,24,26);1H/t16-,20+;/m0./s1. The lowest BCUT2D eigenvalue weighted by Gasteiger charge is -2.37. The van der Waals surface area contributed by atoms with Gasteiger partial charge in [0.1, 0.15) is 0 Å². The summed E-state index contributed by atoms with van der Waals surface area (Å²) >= 11 is 0. The highest BCUT2D eigenvalue weighted by Crippen LogP contribution is 2.43. The number of hydrogen-bond acceptors (Lipinski definition) is 3. The van der Waals surface area contributed by atoms with Crippen molar-refractivity contribution in [2.24, 2.45) is 11.3 Å². The molecule has 1 saturated carbocycles. The van der Waals surface area contributed by atoms with Crippen molar-refractivity contribution in [2.75, 3.05) is 18.4 Å². The molecule has 2 atom stereocenters. The number of carbonyl (C=O) groups excluding carboxylic acids is 2. The molecule has 2 fully saturated rings. The van der Waals surface area contributed by atoms with Crippen LogP contribution >= 0.6 is 12.4 Å². The van der Waals surface area contributed by atoms with Crippen molar-refractivity contribution in [1.82, 2.24) is 16.0 Å². The maximum absolute atomic E-state index is 12.9. The number of hydrogen-bond donors (Lipinski definition) is 4. The number of urea groups is 1. The largest absolute Gasteiger partial charge is 0.351 e. The molecular weight excluding hydrogens is 364 g/mol. The summed E-state index contributed by atoms with van der Waals surface area (Å²) < 4.78 is 0. The van der Waals surface area contributed by atoms with Gasteiger partial charge >= 0.3 is 6.03 Å². The minimum Gasteiger partial charge on any atom is -0.351 e. The van der Waals surface area contributed by atoms with E-state index in [1.54, 1.807) is 0 Å². The van der Waals surface area contributed by atoms with Crippen molar-refractivity contribution in [1.29, 1.82) is 0 Å². The zero-order chi connectivity index (χ0) is 18.6. The van der Waals surface area contributed by atoms with E-state index in [1.165, 1.54) is 6.42 Å². The minimum atomic E-state index is -0.214. The van der Waals surface area contributed by atoms with Gasteiger partial charge in [0.25, 0.3) is 0 Å². The Morgan fingerprint density at radius 3 is 2.67 bits per heavy atom. The Labute approximate surface area is 167 Å². The van der Waals surface area contributed by atoms with Crippen LogP contribution in [0, 0.1) is 11.3 Å². The fourth-order valence-electron chi connectivity index (χ4n) is 4.18. The first-order valence-corrected chi connectivity index (χ1v) is 9.65. The van der Waals surface area contributed by atoms with E-state index in [2.05, 4.69) is 21.3 Å². The monoisotopic (exact) mass is 394 g/mol. The van der Waals surface area contributed by atoms with Gasteiger partial charge in [0, 0.05) is 24.8 Å². The molecule has 27 heavy (non-hydrogen) atoms. The van der Waals surface area contributed by atoms with Crippen LogP contribution in [0.1, 0.15) is 45.1 Å². The van der Waals surface area contributed by atoms with E-state index in [-0.39, 0.29) is 35.8 Å². The highest BCUT2D eigenvalue weighted by Gasteiger charge is 2.49. The second kappa shape index (κ2) is 9.42. The first-order valence-electron chi connectivity index (χ1n) is 9.65. The lowest BCUT2D eigenvalue weighted by atomic mass is 9.67. The SMILES string of the molecule is CC(C)NC(=O)Nc1ccc(CNC(=O)[C@@]23CCCC[C@H]2CNC3)cc1.Cl. The molecule has 3 rings (SSSR count). The Morgan fingerprint density at radius 2 is 1.96 bits per heavy atom. The van der Waals surface area contributed by atoms with Crippen LogP contribution in [0.25, 0.3) is 0 Å². The smallest absolute Gasteiger partial charge is 0.319 e. The van der Waals surface area contributed by atoms with Crippen LogP contribution in [0.2, 0.25) is 0 Å². The van der Waals surface area contributed by atoms with Gasteiger partial charge in [0.15, 0.2) is 0 Å². The molecule has 0 unspecified atom stereocenters. The number of rotatable bonds is 5. The molecule has 0 radical (unpaired) electrons.